The number of nitrogens with zero attached hydrogens (tertiary/aromatic N) is 5. The van der Waals surface area contributed by atoms with Crippen LogP contribution in [-0.4, -0.2) is 58.7 Å². The van der Waals surface area contributed by atoms with Crippen molar-refractivity contribution in [1.82, 2.24) is 20.1 Å². The molecule has 26 heavy (non-hydrogen) atoms. The fraction of sp³-hybridized carbons (Fsp3) is 0.556. The summed E-state index contributed by atoms with van der Waals surface area (Å²) in [7, 11) is 0. The molecule has 7 nitrogen and oxygen atoms in total. The molecule has 0 bridgehead atoms. The summed E-state index contributed by atoms with van der Waals surface area (Å²) in [6, 6.07) is 4.21. The number of aromatic nitrogens is 3. The number of nitrogens with one attached hydrogen (secondary N) is 1. The molecule has 2 aromatic heterocycles. The van der Waals surface area contributed by atoms with Gasteiger partial charge in [0.1, 0.15) is 5.01 Å². The predicted octanol–water partition coefficient (Wildman–Crippen LogP) is 2.34. The van der Waals surface area contributed by atoms with Crippen LogP contribution in [0.25, 0.3) is 0 Å². The first-order chi connectivity index (χ1) is 12.6. The average molecular weight is 375 g/mol. The highest BCUT2D eigenvalue weighted by Gasteiger charge is 2.16. The van der Waals surface area contributed by atoms with Crippen molar-refractivity contribution in [2.45, 2.75) is 33.1 Å². The molecule has 0 atom stereocenters. The van der Waals surface area contributed by atoms with Crippen LogP contribution in [-0.2, 0) is 11.2 Å². The molecule has 0 unspecified atom stereocenters. The molecule has 2 aromatic rings. The van der Waals surface area contributed by atoms with Gasteiger partial charge in [-0.3, -0.25) is 9.78 Å². The van der Waals surface area contributed by atoms with E-state index in [0.717, 1.165) is 56.3 Å². The lowest BCUT2D eigenvalue weighted by atomic mass is 10.3. The summed E-state index contributed by atoms with van der Waals surface area (Å²) in [6.07, 6.45) is 4.29. The van der Waals surface area contributed by atoms with Crippen LogP contribution in [0.1, 0.15) is 30.5 Å². The van der Waals surface area contributed by atoms with Crippen molar-refractivity contribution in [3.8, 4) is 0 Å². The molecule has 3 heterocycles. The topological polar surface area (TPSA) is 74.2 Å². The molecule has 1 amide bonds. The van der Waals surface area contributed by atoms with Crippen molar-refractivity contribution in [2.75, 3.05) is 42.9 Å². The minimum Gasteiger partial charge on any atom is -0.370 e. The zero-order chi connectivity index (χ0) is 18.4. The van der Waals surface area contributed by atoms with Crippen LogP contribution in [0.5, 0.6) is 0 Å². The second-order valence-corrected chi connectivity index (χ2v) is 7.55. The molecule has 0 spiro atoms. The van der Waals surface area contributed by atoms with Crippen LogP contribution in [0.3, 0.4) is 0 Å². The summed E-state index contributed by atoms with van der Waals surface area (Å²) in [5.74, 6) is 0.00895. The Morgan fingerprint density at radius 2 is 2.15 bits per heavy atom. The molecule has 140 valence electrons. The third-order valence-electron chi connectivity index (χ3n) is 4.50. The Bertz CT molecular complexity index is 734. The Balaban J connectivity index is 1.45. The second kappa shape index (κ2) is 9.05. The van der Waals surface area contributed by atoms with Gasteiger partial charge in [0.25, 0.3) is 0 Å². The van der Waals surface area contributed by atoms with E-state index in [1.807, 2.05) is 20.0 Å². The average Bonchev–Trinajstić information content (AvgIpc) is 2.95. The number of pyridine rings is 1. The van der Waals surface area contributed by atoms with E-state index in [0.29, 0.717) is 11.6 Å². The molecule has 0 aromatic carbocycles. The van der Waals surface area contributed by atoms with Gasteiger partial charge in [-0.2, -0.15) is 0 Å². The Morgan fingerprint density at radius 3 is 2.92 bits per heavy atom. The molecule has 1 N–H and O–H groups in total. The van der Waals surface area contributed by atoms with Crippen LogP contribution < -0.4 is 10.2 Å². The van der Waals surface area contributed by atoms with E-state index in [1.165, 1.54) is 17.0 Å². The predicted molar refractivity (Wildman–Crippen MR) is 105 cm³/mol. The Labute approximate surface area is 158 Å². The standard InChI is InChI=1S/C18H26N6OS/c1-3-17-21-22-18(26-17)20-16(25)6-10-23-8-4-9-24(12-11-23)15-5-7-19-14(2)13-15/h5,7,13H,3-4,6,8-12H2,1-2H3,(H,20,22,25). The Morgan fingerprint density at radius 1 is 1.27 bits per heavy atom. The summed E-state index contributed by atoms with van der Waals surface area (Å²) < 4.78 is 0. The van der Waals surface area contributed by atoms with Crippen LogP contribution in [0, 0.1) is 6.92 Å². The minimum atomic E-state index is 0.00895. The first-order valence-electron chi connectivity index (χ1n) is 9.16. The number of aryl methyl sites for hydroxylation is 2. The van der Waals surface area contributed by atoms with Gasteiger partial charge >= 0.3 is 0 Å². The summed E-state index contributed by atoms with van der Waals surface area (Å²) in [5, 5.41) is 12.4. The van der Waals surface area contributed by atoms with E-state index < -0.39 is 0 Å². The second-order valence-electron chi connectivity index (χ2n) is 6.49. The Kier molecular flexibility index (Phi) is 6.51. The van der Waals surface area contributed by atoms with E-state index >= 15 is 0 Å². The number of carbonyl (C=O) groups is 1. The van der Waals surface area contributed by atoms with Crippen molar-refractivity contribution in [2.24, 2.45) is 0 Å². The van der Waals surface area contributed by atoms with E-state index in [9.17, 15) is 4.79 Å². The van der Waals surface area contributed by atoms with Gasteiger partial charge < -0.3 is 15.1 Å². The van der Waals surface area contributed by atoms with Gasteiger partial charge in [-0.15, -0.1) is 10.2 Å². The molecular formula is C18H26N6OS. The SMILES string of the molecule is CCc1nnc(NC(=O)CCN2CCCN(c3ccnc(C)c3)CC2)s1. The van der Waals surface area contributed by atoms with Crippen molar-refractivity contribution in [1.29, 1.82) is 0 Å². The molecule has 1 saturated heterocycles. The quantitative estimate of drug-likeness (QED) is 0.837. The lowest BCUT2D eigenvalue weighted by Gasteiger charge is -2.23. The highest BCUT2D eigenvalue weighted by atomic mass is 32.1. The van der Waals surface area contributed by atoms with E-state index in [1.54, 1.807) is 0 Å². The zero-order valence-corrected chi connectivity index (χ0v) is 16.3. The van der Waals surface area contributed by atoms with Gasteiger partial charge in [0.2, 0.25) is 11.0 Å². The van der Waals surface area contributed by atoms with E-state index in [2.05, 4.69) is 42.4 Å². The normalized spacial score (nSPS) is 15.7. The number of hydrogen-bond donors (Lipinski definition) is 1. The number of carbonyl (C=O) groups excluding carboxylic acids is 1. The fourth-order valence-corrected chi connectivity index (χ4v) is 3.76. The van der Waals surface area contributed by atoms with Gasteiger partial charge in [0.15, 0.2) is 0 Å². The first kappa shape index (κ1) is 18.7. The van der Waals surface area contributed by atoms with Crippen molar-refractivity contribution < 1.29 is 4.79 Å². The summed E-state index contributed by atoms with van der Waals surface area (Å²) in [5.41, 5.74) is 2.28. The monoisotopic (exact) mass is 374 g/mol. The van der Waals surface area contributed by atoms with E-state index in [4.69, 9.17) is 0 Å². The van der Waals surface area contributed by atoms with Gasteiger partial charge in [-0.05, 0) is 38.4 Å². The fourth-order valence-electron chi connectivity index (χ4n) is 3.07. The van der Waals surface area contributed by atoms with Crippen LogP contribution in [0.15, 0.2) is 18.3 Å². The molecule has 1 aliphatic heterocycles. The maximum absolute atomic E-state index is 12.1. The maximum atomic E-state index is 12.1. The van der Waals surface area contributed by atoms with Crippen molar-refractivity contribution >= 4 is 28.1 Å². The van der Waals surface area contributed by atoms with Crippen LogP contribution >= 0.6 is 11.3 Å². The van der Waals surface area contributed by atoms with Crippen molar-refractivity contribution in [3.63, 3.8) is 0 Å². The molecule has 8 heteroatoms. The molecule has 0 aliphatic carbocycles. The summed E-state index contributed by atoms with van der Waals surface area (Å²) in [4.78, 5) is 21.2. The smallest absolute Gasteiger partial charge is 0.227 e. The molecule has 3 rings (SSSR count). The molecule has 0 saturated carbocycles. The highest BCUT2D eigenvalue weighted by Crippen LogP contribution is 2.17. The number of amides is 1. The third-order valence-corrected chi connectivity index (χ3v) is 5.49. The number of hydrogen-bond acceptors (Lipinski definition) is 7. The zero-order valence-electron chi connectivity index (χ0n) is 15.4. The van der Waals surface area contributed by atoms with Gasteiger partial charge in [0, 0.05) is 50.2 Å². The Hall–Kier alpha value is -2.06. The summed E-state index contributed by atoms with van der Waals surface area (Å²) >= 11 is 1.45. The largest absolute Gasteiger partial charge is 0.370 e. The number of anilines is 2. The third kappa shape index (κ3) is 5.22. The van der Waals surface area contributed by atoms with Gasteiger partial charge in [0.05, 0.1) is 0 Å². The van der Waals surface area contributed by atoms with Crippen molar-refractivity contribution in [3.05, 3.63) is 29.0 Å². The molecular weight excluding hydrogens is 348 g/mol. The molecule has 1 aliphatic rings. The minimum absolute atomic E-state index is 0.00895. The lowest BCUT2D eigenvalue weighted by Crippen LogP contribution is -2.32. The summed E-state index contributed by atoms with van der Waals surface area (Å²) in [6.45, 7) is 8.82. The number of rotatable bonds is 6. The highest BCUT2D eigenvalue weighted by molar-refractivity contribution is 7.15. The van der Waals surface area contributed by atoms with E-state index in [-0.39, 0.29) is 5.91 Å². The molecule has 1 fully saturated rings. The maximum Gasteiger partial charge on any atom is 0.227 e. The first-order valence-corrected chi connectivity index (χ1v) is 9.98. The van der Waals surface area contributed by atoms with Crippen LogP contribution in [0.4, 0.5) is 10.8 Å². The van der Waals surface area contributed by atoms with Gasteiger partial charge in [-0.1, -0.05) is 18.3 Å². The lowest BCUT2D eigenvalue weighted by molar-refractivity contribution is -0.116. The molecule has 0 radical (unpaired) electrons. The van der Waals surface area contributed by atoms with Crippen LogP contribution in [0.2, 0.25) is 0 Å². The van der Waals surface area contributed by atoms with Gasteiger partial charge in [-0.25, -0.2) is 0 Å².